The van der Waals surface area contributed by atoms with E-state index in [1.807, 2.05) is 0 Å². The predicted octanol–water partition coefficient (Wildman–Crippen LogP) is 3.66. The second-order valence-corrected chi connectivity index (χ2v) is 6.57. The molecule has 0 saturated heterocycles. The Bertz CT molecular complexity index is 368. The lowest BCUT2D eigenvalue weighted by molar-refractivity contribution is 0.0635. The van der Waals surface area contributed by atoms with Gasteiger partial charge in [-0.15, -0.1) is 0 Å². The second-order valence-electron chi connectivity index (χ2n) is 5.65. The van der Waals surface area contributed by atoms with Crippen molar-refractivity contribution in [2.45, 2.75) is 32.7 Å². The summed E-state index contributed by atoms with van der Waals surface area (Å²) in [6, 6.07) is 9.12. The van der Waals surface area contributed by atoms with Crippen LogP contribution in [0.4, 0.5) is 0 Å². The first kappa shape index (κ1) is 18.6. The highest BCUT2D eigenvalue weighted by Crippen LogP contribution is 2.16. The van der Waals surface area contributed by atoms with E-state index in [4.69, 9.17) is 9.47 Å². The molecule has 0 amide bonds. The Labute approximate surface area is 137 Å². The molecule has 0 aromatic heterocycles. The highest BCUT2D eigenvalue weighted by Gasteiger charge is 2.10. The van der Waals surface area contributed by atoms with Gasteiger partial charge < -0.3 is 14.8 Å². The van der Waals surface area contributed by atoms with E-state index < -0.39 is 0 Å². The summed E-state index contributed by atoms with van der Waals surface area (Å²) in [4.78, 5) is 0. The molecule has 0 heterocycles. The summed E-state index contributed by atoms with van der Waals surface area (Å²) in [5.74, 6) is 0.594. The van der Waals surface area contributed by atoms with Gasteiger partial charge in [-0.25, -0.2) is 0 Å². The van der Waals surface area contributed by atoms with Crippen LogP contribution in [-0.2, 0) is 15.9 Å². The maximum Gasteiger partial charge on any atom is 0.0700 e. The highest BCUT2D eigenvalue weighted by atomic mass is 79.9. The first-order valence-electron chi connectivity index (χ1n) is 7.66. The fourth-order valence-electron chi connectivity index (χ4n) is 2.13. The molecular weight excluding hydrogens is 330 g/mol. The van der Waals surface area contributed by atoms with Gasteiger partial charge in [-0.05, 0) is 43.0 Å². The van der Waals surface area contributed by atoms with Crippen LogP contribution in [-0.4, -0.2) is 39.5 Å². The molecule has 0 radical (unpaired) electrons. The molecule has 1 unspecified atom stereocenters. The average Bonchev–Trinajstić information content (AvgIpc) is 2.46. The van der Waals surface area contributed by atoms with Crippen molar-refractivity contribution >= 4 is 15.9 Å². The van der Waals surface area contributed by atoms with Gasteiger partial charge >= 0.3 is 0 Å². The minimum absolute atomic E-state index is 0.520. The second kappa shape index (κ2) is 11.2. The lowest BCUT2D eigenvalue weighted by Crippen LogP contribution is -2.30. The first-order valence-corrected chi connectivity index (χ1v) is 8.45. The molecule has 3 nitrogen and oxygen atoms in total. The summed E-state index contributed by atoms with van der Waals surface area (Å²) in [7, 11) is 1.70. The molecule has 1 rings (SSSR count). The van der Waals surface area contributed by atoms with Crippen molar-refractivity contribution in [3.05, 3.63) is 34.3 Å². The van der Waals surface area contributed by atoms with E-state index in [1.54, 1.807) is 7.11 Å². The average molecular weight is 358 g/mol. The molecule has 21 heavy (non-hydrogen) atoms. The molecule has 1 aromatic rings. The van der Waals surface area contributed by atoms with E-state index in [9.17, 15) is 0 Å². The van der Waals surface area contributed by atoms with Crippen molar-refractivity contribution in [3.63, 3.8) is 0 Å². The van der Waals surface area contributed by atoms with Gasteiger partial charge in [0, 0.05) is 24.2 Å². The van der Waals surface area contributed by atoms with Crippen LogP contribution in [0.3, 0.4) is 0 Å². The molecule has 0 saturated carbocycles. The molecule has 0 bridgehead atoms. The Morgan fingerprint density at radius 3 is 2.43 bits per heavy atom. The number of benzene rings is 1. The molecule has 1 atom stereocenters. The number of rotatable bonds is 11. The van der Waals surface area contributed by atoms with Crippen LogP contribution in [0.1, 0.15) is 25.8 Å². The van der Waals surface area contributed by atoms with Crippen molar-refractivity contribution < 1.29 is 9.47 Å². The SMILES string of the molecule is COCCOCCC(CNC(C)C)Cc1ccc(Br)cc1. The van der Waals surface area contributed by atoms with E-state index in [2.05, 4.69) is 59.4 Å². The maximum absolute atomic E-state index is 5.61. The number of hydrogen-bond acceptors (Lipinski definition) is 3. The third-order valence-corrected chi connectivity index (χ3v) is 3.88. The van der Waals surface area contributed by atoms with Gasteiger partial charge in [-0.1, -0.05) is 41.9 Å². The minimum atomic E-state index is 0.520. The fourth-order valence-corrected chi connectivity index (χ4v) is 2.39. The Balaban J connectivity index is 2.41. The molecule has 0 aliphatic rings. The lowest BCUT2D eigenvalue weighted by atomic mass is 9.96. The molecule has 0 aliphatic heterocycles. The van der Waals surface area contributed by atoms with E-state index in [-0.39, 0.29) is 0 Å². The molecule has 1 N–H and O–H groups in total. The number of ether oxygens (including phenoxy) is 2. The topological polar surface area (TPSA) is 30.5 Å². The van der Waals surface area contributed by atoms with Crippen molar-refractivity contribution in [1.82, 2.24) is 5.32 Å². The van der Waals surface area contributed by atoms with Crippen LogP contribution < -0.4 is 5.32 Å². The number of hydrogen-bond donors (Lipinski definition) is 1. The van der Waals surface area contributed by atoms with Gasteiger partial charge in [-0.2, -0.15) is 0 Å². The zero-order chi connectivity index (χ0) is 15.5. The summed E-state index contributed by atoms with van der Waals surface area (Å²) < 4.78 is 11.7. The third kappa shape index (κ3) is 9.25. The third-order valence-electron chi connectivity index (χ3n) is 3.35. The van der Waals surface area contributed by atoms with Crippen LogP contribution in [0.5, 0.6) is 0 Å². The van der Waals surface area contributed by atoms with Crippen LogP contribution in [0, 0.1) is 5.92 Å². The Morgan fingerprint density at radius 1 is 1.10 bits per heavy atom. The smallest absolute Gasteiger partial charge is 0.0700 e. The van der Waals surface area contributed by atoms with Gasteiger partial charge in [0.15, 0.2) is 0 Å². The molecule has 4 heteroatoms. The quantitative estimate of drug-likeness (QED) is 0.613. The van der Waals surface area contributed by atoms with Gasteiger partial charge in [0.25, 0.3) is 0 Å². The van der Waals surface area contributed by atoms with Crippen LogP contribution in [0.2, 0.25) is 0 Å². The van der Waals surface area contributed by atoms with Crippen molar-refractivity contribution in [2.75, 3.05) is 33.5 Å². The van der Waals surface area contributed by atoms with Crippen molar-refractivity contribution in [1.29, 1.82) is 0 Å². The molecule has 0 fully saturated rings. The number of nitrogens with one attached hydrogen (secondary N) is 1. The summed E-state index contributed by atoms with van der Waals surface area (Å²) in [5.41, 5.74) is 1.38. The van der Waals surface area contributed by atoms with Gasteiger partial charge in [0.1, 0.15) is 0 Å². The number of halogens is 1. The van der Waals surface area contributed by atoms with Gasteiger partial charge in [0.2, 0.25) is 0 Å². The summed E-state index contributed by atoms with van der Waals surface area (Å²) >= 11 is 3.48. The predicted molar refractivity (Wildman–Crippen MR) is 91.8 cm³/mol. The normalized spacial score (nSPS) is 12.8. The van der Waals surface area contributed by atoms with E-state index in [0.29, 0.717) is 25.2 Å². The molecule has 0 aliphatic carbocycles. The van der Waals surface area contributed by atoms with Gasteiger partial charge in [0.05, 0.1) is 13.2 Å². The van der Waals surface area contributed by atoms with E-state index >= 15 is 0 Å². The largest absolute Gasteiger partial charge is 0.382 e. The Hall–Kier alpha value is -0.420. The highest BCUT2D eigenvalue weighted by molar-refractivity contribution is 9.10. The number of methoxy groups -OCH3 is 1. The zero-order valence-electron chi connectivity index (χ0n) is 13.4. The molecule has 1 aromatic carbocycles. The molecule has 120 valence electrons. The summed E-state index contributed by atoms with van der Waals surface area (Å²) in [6.07, 6.45) is 2.15. The Kier molecular flexibility index (Phi) is 9.92. The van der Waals surface area contributed by atoms with Gasteiger partial charge in [-0.3, -0.25) is 0 Å². The van der Waals surface area contributed by atoms with Crippen LogP contribution in [0.15, 0.2) is 28.7 Å². The standard InChI is InChI=1S/C17H28BrNO2/c1-14(2)19-13-16(8-9-21-11-10-20-3)12-15-4-6-17(18)7-5-15/h4-7,14,16,19H,8-13H2,1-3H3. The maximum atomic E-state index is 5.61. The Morgan fingerprint density at radius 2 is 1.81 bits per heavy atom. The zero-order valence-corrected chi connectivity index (χ0v) is 15.0. The summed E-state index contributed by atoms with van der Waals surface area (Å²) in [6.45, 7) is 7.55. The van der Waals surface area contributed by atoms with E-state index in [1.165, 1.54) is 5.56 Å². The summed E-state index contributed by atoms with van der Waals surface area (Å²) in [5, 5.41) is 3.54. The van der Waals surface area contributed by atoms with Crippen LogP contribution >= 0.6 is 15.9 Å². The van der Waals surface area contributed by atoms with Crippen molar-refractivity contribution in [3.8, 4) is 0 Å². The first-order chi connectivity index (χ1) is 10.1. The van der Waals surface area contributed by atoms with Crippen molar-refractivity contribution in [2.24, 2.45) is 5.92 Å². The monoisotopic (exact) mass is 357 g/mol. The fraction of sp³-hybridized carbons (Fsp3) is 0.647. The molecule has 0 spiro atoms. The van der Waals surface area contributed by atoms with E-state index in [0.717, 1.165) is 30.5 Å². The minimum Gasteiger partial charge on any atom is -0.382 e. The lowest BCUT2D eigenvalue weighted by Gasteiger charge is -2.19. The molecular formula is C17H28BrNO2. The van der Waals surface area contributed by atoms with Crippen LogP contribution in [0.25, 0.3) is 0 Å².